The molecule has 0 heterocycles. The summed E-state index contributed by atoms with van der Waals surface area (Å²) in [5, 5.41) is 16.9. The van der Waals surface area contributed by atoms with Gasteiger partial charge < -0.3 is 10.2 Å². The highest BCUT2D eigenvalue weighted by molar-refractivity contribution is 5.66. The van der Waals surface area contributed by atoms with Crippen LogP contribution in [0.2, 0.25) is 0 Å². The van der Waals surface area contributed by atoms with E-state index in [0.29, 0.717) is 5.92 Å². The second kappa shape index (κ2) is 9.19. The highest BCUT2D eigenvalue weighted by Crippen LogP contribution is 2.15. The van der Waals surface area contributed by atoms with Gasteiger partial charge in [0.05, 0.1) is 0 Å². The molecule has 1 atom stereocenters. The van der Waals surface area contributed by atoms with Crippen molar-refractivity contribution in [3.8, 4) is 0 Å². The molecule has 0 aliphatic carbocycles. The predicted octanol–water partition coefficient (Wildman–Crippen LogP) is 2.91. The summed E-state index contributed by atoms with van der Waals surface area (Å²) < 4.78 is 0. The van der Waals surface area contributed by atoms with Crippen LogP contribution in [-0.4, -0.2) is 22.2 Å². The van der Waals surface area contributed by atoms with Gasteiger partial charge in [0.1, 0.15) is 0 Å². The van der Waals surface area contributed by atoms with Crippen molar-refractivity contribution in [1.82, 2.24) is 0 Å². The second-order valence-electron chi connectivity index (χ2n) is 4.38. The van der Waals surface area contributed by atoms with Crippen LogP contribution in [-0.2, 0) is 9.59 Å². The Bertz CT molecular complexity index is 213. The summed E-state index contributed by atoms with van der Waals surface area (Å²) in [6.45, 7) is 2.07. The van der Waals surface area contributed by atoms with Gasteiger partial charge in [-0.3, -0.25) is 9.59 Å². The third-order valence-electron chi connectivity index (χ3n) is 2.69. The van der Waals surface area contributed by atoms with Crippen molar-refractivity contribution in [2.24, 2.45) is 5.92 Å². The summed E-state index contributed by atoms with van der Waals surface area (Å²) in [5.74, 6) is -1.00. The van der Waals surface area contributed by atoms with E-state index in [4.69, 9.17) is 10.2 Å². The minimum Gasteiger partial charge on any atom is -0.481 e. The zero-order valence-corrected chi connectivity index (χ0v) is 9.95. The minimum atomic E-state index is -0.728. The molecule has 0 aromatic rings. The number of unbranched alkanes of at least 4 members (excludes halogenated alkanes) is 3. The Kier molecular flexibility index (Phi) is 8.58. The maximum atomic E-state index is 10.3. The maximum Gasteiger partial charge on any atom is 0.303 e. The molecule has 0 amide bonds. The number of rotatable bonds is 10. The topological polar surface area (TPSA) is 74.6 Å². The highest BCUT2D eigenvalue weighted by atomic mass is 16.4. The molecule has 1 unspecified atom stereocenters. The second-order valence-corrected chi connectivity index (χ2v) is 4.38. The van der Waals surface area contributed by atoms with Gasteiger partial charge in [0.2, 0.25) is 0 Å². The van der Waals surface area contributed by atoms with Crippen molar-refractivity contribution < 1.29 is 19.8 Å². The number of carboxylic acids is 2. The molecule has 0 aromatic carbocycles. The van der Waals surface area contributed by atoms with Crippen molar-refractivity contribution in [1.29, 1.82) is 0 Å². The van der Waals surface area contributed by atoms with Crippen LogP contribution in [0.25, 0.3) is 0 Å². The van der Waals surface area contributed by atoms with E-state index in [-0.39, 0.29) is 12.8 Å². The van der Waals surface area contributed by atoms with Gasteiger partial charge >= 0.3 is 11.9 Å². The lowest BCUT2D eigenvalue weighted by Gasteiger charge is -2.08. The largest absolute Gasteiger partial charge is 0.481 e. The molecule has 0 saturated heterocycles. The first-order chi connectivity index (χ1) is 7.52. The van der Waals surface area contributed by atoms with Crippen LogP contribution in [0.15, 0.2) is 0 Å². The summed E-state index contributed by atoms with van der Waals surface area (Å²) in [7, 11) is 0. The minimum absolute atomic E-state index is 0.250. The van der Waals surface area contributed by atoms with E-state index in [1.54, 1.807) is 0 Å². The zero-order chi connectivity index (χ0) is 12.4. The molecule has 4 nitrogen and oxygen atoms in total. The molecule has 0 aromatic heterocycles. The molecule has 2 N–H and O–H groups in total. The Labute approximate surface area is 96.7 Å². The van der Waals surface area contributed by atoms with Gasteiger partial charge in [-0.05, 0) is 18.8 Å². The molecule has 94 valence electrons. The number of aliphatic carboxylic acids is 2. The van der Waals surface area contributed by atoms with E-state index in [1.165, 1.54) is 0 Å². The summed E-state index contributed by atoms with van der Waals surface area (Å²) in [6.07, 6.45) is 6.11. The number of hydrogen-bond donors (Lipinski definition) is 2. The maximum absolute atomic E-state index is 10.3. The van der Waals surface area contributed by atoms with Crippen molar-refractivity contribution in [2.75, 3.05) is 0 Å². The van der Waals surface area contributed by atoms with Crippen molar-refractivity contribution in [2.45, 2.75) is 58.3 Å². The van der Waals surface area contributed by atoms with Crippen LogP contribution in [0.4, 0.5) is 0 Å². The van der Waals surface area contributed by atoms with Crippen LogP contribution in [0.1, 0.15) is 58.3 Å². The first-order valence-electron chi connectivity index (χ1n) is 5.96. The van der Waals surface area contributed by atoms with Crippen molar-refractivity contribution in [3.05, 3.63) is 0 Å². The van der Waals surface area contributed by atoms with Gasteiger partial charge in [-0.15, -0.1) is 0 Å². The highest BCUT2D eigenvalue weighted by Gasteiger charge is 2.05. The quantitative estimate of drug-likeness (QED) is 0.566. The van der Waals surface area contributed by atoms with Crippen LogP contribution in [0, 0.1) is 5.92 Å². The Morgan fingerprint density at radius 3 is 2.00 bits per heavy atom. The third kappa shape index (κ3) is 11.0. The number of hydrogen-bond acceptors (Lipinski definition) is 2. The van der Waals surface area contributed by atoms with Crippen LogP contribution in [0.5, 0.6) is 0 Å². The Morgan fingerprint density at radius 1 is 0.875 bits per heavy atom. The van der Waals surface area contributed by atoms with Gasteiger partial charge in [0, 0.05) is 12.8 Å². The van der Waals surface area contributed by atoms with E-state index in [0.717, 1.165) is 38.5 Å². The van der Waals surface area contributed by atoms with Crippen LogP contribution < -0.4 is 0 Å². The van der Waals surface area contributed by atoms with Gasteiger partial charge in [0.15, 0.2) is 0 Å². The Balaban J connectivity index is 3.24. The molecule has 4 heteroatoms. The molecule has 16 heavy (non-hydrogen) atoms. The monoisotopic (exact) mass is 230 g/mol. The lowest BCUT2D eigenvalue weighted by molar-refractivity contribution is -0.138. The molecule has 0 rings (SSSR count). The fourth-order valence-corrected chi connectivity index (χ4v) is 1.64. The molecule has 0 saturated carbocycles. The summed E-state index contributed by atoms with van der Waals surface area (Å²) >= 11 is 0. The van der Waals surface area contributed by atoms with E-state index < -0.39 is 11.9 Å². The lowest BCUT2D eigenvalue weighted by Crippen LogP contribution is -2.01. The molecular formula is C12H22O4. The first kappa shape index (κ1) is 14.9. The van der Waals surface area contributed by atoms with Gasteiger partial charge in [0.25, 0.3) is 0 Å². The fraction of sp³-hybridized carbons (Fsp3) is 0.833. The third-order valence-corrected chi connectivity index (χ3v) is 2.69. The number of carboxylic acid groups (broad SMARTS) is 2. The summed E-state index contributed by atoms with van der Waals surface area (Å²) in [6, 6.07) is 0. The van der Waals surface area contributed by atoms with Gasteiger partial charge in [-0.2, -0.15) is 0 Å². The van der Waals surface area contributed by atoms with Crippen molar-refractivity contribution >= 4 is 11.9 Å². The molecule has 0 spiro atoms. The lowest BCUT2D eigenvalue weighted by atomic mass is 9.98. The SMILES string of the molecule is CC(CCCCCCC(=O)O)CCC(=O)O. The molecule has 0 aliphatic rings. The Morgan fingerprint density at radius 2 is 1.44 bits per heavy atom. The predicted molar refractivity (Wildman–Crippen MR) is 61.4 cm³/mol. The van der Waals surface area contributed by atoms with E-state index in [2.05, 4.69) is 6.92 Å². The smallest absolute Gasteiger partial charge is 0.303 e. The van der Waals surface area contributed by atoms with E-state index >= 15 is 0 Å². The number of carbonyl (C=O) groups is 2. The van der Waals surface area contributed by atoms with Gasteiger partial charge in [-0.25, -0.2) is 0 Å². The molecule has 0 radical (unpaired) electrons. The zero-order valence-electron chi connectivity index (χ0n) is 9.95. The van der Waals surface area contributed by atoms with Gasteiger partial charge in [-0.1, -0.05) is 32.6 Å². The first-order valence-corrected chi connectivity index (χ1v) is 5.96. The summed E-state index contributed by atoms with van der Waals surface area (Å²) in [4.78, 5) is 20.6. The molecule has 0 aliphatic heterocycles. The standard InChI is InChI=1S/C12H22O4/c1-10(8-9-12(15)16)6-4-2-3-5-7-11(13)14/h10H,2-9H2,1H3,(H,13,14)(H,15,16). The fourth-order valence-electron chi connectivity index (χ4n) is 1.64. The van der Waals surface area contributed by atoms with Crippen molar-refractivity contribution in [3.63, 3.8) is 0 Å². The average Bonchev–Trinajstić information content (AvgIpc) is 2.19. The van der Waals surface area contributed by atoms with Crippen LogP contribution >= 0.6 is 0 Å². The normalized spacial score (nSPS) is 12.3. The molecule has 0 fully saturated rings. The molecule has 0 bridgehead atoms. The molecular weight excluding hydrogens is 208 g/mol. The summed E-state index contributed by atoms with van der Waals surface area (Å²) in [5.41, 5.74) is 0. The van der Waals surface area contributed by atoms with Crippen LogP contribution in [0.3, 0.4) is 0 Å². The average molecular weight is 230 g/mol. The van der Waals surface area contributed by atoms with E-state index in [1.807, 2.05) is 0 Å². The van der Waals surface area contributed by atoms with E-state index in [9.17, 15) is 9.59 Å². The Hall–Kier alpha value is -1.06.